The highest BCUT2D eigenvalue weighted by atomic mass is 32.1. The Morgan fingerprint density at radius 3 is 2.43 bits per heavy atom. The summed E-state index contributed by atoms with van der Waals surface area (Å²) in [5.41, 5.74) is 4.15. The smallest absolute Gasteiger partial charge is 0.191 e. The van der Waals surface area contributed by atoms with Gasteiger partial charge >= 0.3 is 0 Å². The van der Waals surface area contributed by atoms with Crippen LogP contribution in [0.4, 0.5) is 14.5 Å². The molecule has 2 N–H and O–H groups in total. The minimum atomic E-state index is -0.682. The maximum Gasteiger partial charge on any atom is 0.191 e. The lowest BCUT2D eigenvalue weighted by atomic mass is 10.2. The summed E-state index contributed by atoms with van der Waals surface area (Å²) in [6.07, 6.45) is 1.05. The van der Waals surface area contributed by atoms with Crippen molar-refractivity contribution in [1.82, 2.24) is 5.43 Å². The fraction of sp³-hybridized carbons (Fsp3) is 0.0667. The van der Waals surface area contributed by atoms with Crippen LogP contribution in [0.25, 0.3) is 0 Å². The standard InChI is InChI=1S/C15H13F2N3S/c1-10-5-2-3-8-14(10)19-15(21)20-18-9-11-12(16)6-4-7-13(11)17/h2-9H,1H3,(H2,19,20,21)/b18-9-. The number of nitrogens with one attached hydrogen (secondary N) is 2. The van der Waals surface area contributed by atoms with Crippen LogP contribution in [0.1, 0.15) is 11.1 Å². The summed E-state index contributed by atoms with van der Waals surface area (Å²) >= 11 is 5.05. The molecule has 0 saturated heterocycles. The van der Waals surface area contributed by atoms with Crippen molar-refractivity contribution in [3.8, 4) is 0 Å². The van der Waals surface area contributed by atoms with Crippen LogP contribution in [0.2, 0.25) is 0 Å². The largest absolute Gasteiger partial charge is 0.331 e. The topological polar surface area (TPSA) is 36.4 Å². The number of para-hydroxylation sites is 1. The van der Waals surface area contributed by atoms with E-state index in [1.54, 1.807) is 0 Å². The fourth-order valence-corrected chi connectivity index (χ4v) is 1.82. The molecule has 0 atom stereocenters. The lowest BCUT2D eigenvalue weighted by Crippen LogP contribution is -2.24. The SMILES string of the molecule is Cc1ccccc1NC(=S)N/N=C\c1c(F)cccc1F. The lowest BCUT2D eigenvalue weighted by Gasteiger charge is -2.09. The van der Waals surface area contributed by atoms with E-state index in [-0.39, 0.29) is 10.7 Å². The molecule has 0 radical (unpaired) electrons. The fourth-order valence-electron chi connectivity index (χ4n) is 1.65. The van der Waals surface area contributed by atoms with Gasteiger partial charge in [0, 0.05) is 5.69 Å². The number of hydrazone groups is 1. The average molecular weight is 305 g/mol. The van der Waals surface area contributed by atoms with Crippen LogP contribution in [0, 0.1) is 18.6 Å². The Labute approximate surface area is 126 Å². The van der Waals surface area contributed by atoms with Crippen molar-refractivity contribution in [3.05, 3.63) is 65.2 Å². The molecule has 2 aromatic carbocycles. The van der Waals surface area contributed by atoms with Gasteiger partial charge in [0.2, 0.25) is 0 Å². The van der Waals surface area contributed by atoms with Crippen molar-refractivity contribution in [3.63, 3.8) is 0 Å². The van der Waals surface area contributed by atoms with Crippen LogP contribution in [0.15, 0.2) is 47.6 Å². The number of nitrogens with zero attached hydrogens (tertiary/aromatic N) is 1. The van der Waals surface area contributed by atoms with Gasteiger partial charge in [0.1, 0.15) is 11.6 Å². The summed E-state index contributed by atoms with van der Waals surface area (Å²) in [4.78, 5) is 0. The highest BCUT2D eigenvalue weighted by molar-refractivity contribution is 7.80. The van der Waals surface area contributed by atoms with Crippen molar-refractivity contribution in [2.45, 2.75) is 6.92 Å². The van der Waals surface area contributed by atoms with Crippen LogP contribution in [0.3, 0.4) is 0 Å². The van der Waals surface area contributed by atoms with Gasteiger partial charge in [-0.2, -0.15) is 5.10 Å². The molecule has 0 aliphatic heterocycles. The third-order valence-electron chi connectivity index (χ3n) is 2.75. The maximum absolute atomic E-state index is 13.4. The van der Waals surface area contributed by atoms with Crippen LogP contribution in [-0.4, -0.2) is 11.3 Å². The first-order valence-electron chi connectivity index (χ1n) is 6.17. The van der Waals surface area contributed by atoms with Crippen LogP contribution < -0.4 is 10.7 Å². The number of aryl methyl sites for hydroxylation is 1. The van der Waals surface area contributed by atoms with Gasteiger partial charge in [-0.05, 0) is 42.9 Å². The van der Waals surface area contributed by atoms with E-state index in [9.17, 15) is 8.78 Å². The first kappa shape index (κ1) is 15.1. The van der Waals surface area contributed by atoms with Crippen molar-refractivity contribution >= 4 is 29.2 Å². The van der Waals surface area contributed by atoms with E-state index in [0.717, 1.165) is 29.6 Å². The molecular weight excluding hydrogens is 292 g/mol. The second-order valence-corrected chi connectivity index (χ2v) is 4.68. The number of anilines is 1. The van der Waals surface area contributed by atoms with E-state index >= 15 is 0 Å². The van der Waals surface area contributed by atoms with E-state index in [1.807, 2.05) is 31.2 Å². The normalized spacial score (nSPS) is 10.6. The molecule has 0 aliphatic rings. The maximum atomic E-state index is 13.4. The Bertz CT molecular complexity index is 666. The van der Waals surface area contributed by atoms with Crippen LogP contribution in [-0.2, 0) is 0 Å². The van der Waals surface area contributed by atoms with Crippen molar-refractivity contribution in [2.24, 2.45) is 5.10 Å². The summed E-state index contributed by atoms with van der Waals surface area (Å²) in [7, 11) is 0. The number of benzene rings is 2. The second kappa shape index (κ2) is 6.90. The molecule has 0 aliphatic carbocycles. The Hall–Kier alpha value is -2.34. The Balaban J connectivity index is 1.98. The number of hydrogen-bond donors (Lipinski definition) is 2. The predicted octanol–water partition coefficient (Wildman–Crippen LogP) is 3.59. The molecule has 2 rings (SSSR count). The van der Waals surface area contributed by atoms with Crippen molar-refractivity contribution in [1.29, 1.82) is 0 Å². The summed E-state index contributed by atoms with van der Waals surface area (Å²) in [5.74, 6) is -1.36. The van der Waals surface area contributed by atoms with E-state index in [2.05, 4.69) is 15.8 Å². The molecule has 3 nitrogen and oxygen atoms in total. The van der Waals surface area contributed by atoms with Gasteiger partial charge < -0.3 is 5.32 Å². The number of halogens is 2. The molecule has 2 aromatic rings. The quantitative estimate of drug-likeness (QED) is 0.517. The summed E-state index contributed by atoms with van der Waals surface area (Å²) < 4.78 is 26.7. The Morgan fingerprint density at radius 2 is 1.76 bits per heavy atom. The van der Waals surface area contributed by atoms with Crippen LogP contribution >= 0.6 is 12.2 Å². The van der Waals surface area contributed by atoms with Gasteiger partial charge in [-0.3, -0.25) is 5.43 Å². The molecule has 0 spiro atoms. The highest BCUT2D eigenvalue weighted by Gasteiger charge is 2.05. The number of thiocarbonyl (C=S) groups is 1. The van der Waals surface area contributed by atoms with E-state index in [0.29, 0.717) is 0 Å². The van der Waals surface area contributed by atoms with Gasteiger partial charge in [0.25, 0.3) is 0 Å². The minimum Gasteiger partial charge on any atom is -0.331 e. The van der Waals surface area contributed by atoms with Crippen molar-refractivity contribution < 1.29 is 8.78 Å². The van der Waals surface area contributed by atoms with Crippen molar-refractivity contribution in [2.75, 3.05) is 5.32 Å². The molecule has 0 saturated carbocycles. The molecule has 0 fully saturated rings. The first-order valence-corrected chi connectivity index (χ1v) is 6.58. The molecule has 6 heteroatoms. The van der Waals surface area contributed by atoms with Gasteiger partial charge in [0.15, 0.2) is 5.11 Å². The molecule has 0 heterocycles. The molecule has 21 heavy (non-hydrogen) atoms. The summed E-state index contributed by atoms with van der Waals surface area (Å²) in [6, 6.07) is 11.2. The lowest BCUT2D eigenvalue weighted by molar-refractivity contribution is 0.580. The zero-order valence-electron chi connectivity index (χ0n) is 11.2. The average Bonchev–Trinajstić information content (AvgIpc) is 2.45. The monoisotopic (exact) mass is 305 g/mol. The molecule has 0 bridgehead atoms. The Kier molecular flexibility index (Phi) is 4.94. The van der Waals surface area contributed by atoms with Crippen LogP contribution in [0.5, 0.6) is 0 Å². The van der Waals surface area contributed by atoms with E-state index < -0.39 is 11.6 Å². The Morgan fingerprint density at radius 1 is 1.10 bits per heavy atom. The predicted molar refractivity (Wildman–Crippen MR) is 84.5 cm³/mol. The van der Waals surface area contributed by atoms with Gasteiger partial charge in [-0.15, -0.1) is 0 Å². The van der Waals surface area contributed by atoms with Gasteiger partial charge in [0.05, 0.1) is 11.8 Å². The zero-order valence-corrected chi connectivity index (χ0v) is 12.0. The third-order valence-corrected chi connectivity index (χ3v) is 2.95. The van der Waals surface area contributed by atoms with E-state index in [4.69, 9.17) is 12.2 Å². The molecule has 108 valence electrons. The number of rotatable bonds is 3. The molecule has 0 amide bonds. The summed E-state index contributed by atoms with van der Waals surface area (Å²) in [6.45, 7) is 1.93. The second-order valence-electron chi connectivity index (χ2n) is 4.27. The van der Waals surface area contributed by atoms with Gasteiger partial charge in [-0.1, -0.05) is 24.3 Å². The van der Waals surface area contributed by atoms with E-state index in [1.165, 1.54) is 6.07 Å². The first-order chi connectivity index (χ1) is 10.1. The number of hydrogen-bond acceptors (Lipinski definition) is 2. The molecule has 0 aromatic heterocycles. The zero-order chi connectivity index (χ0) is 15.2. The minimum absolute atomic E-state index is 0.219. The highest BCUT2D eigenvalue weighted by Crippen LogP contribution is 2.12. The summed E-state index contributed by atoms with van der Waals surface area (Å²) in [5, 5.41) is 6.91. The molecular formula is C15H13F2N3S. The van der Waals surface area contributed by atoms with Gasteiger partial charge in [-0.25, -0.2) is 8.78 Å². The third kappa shape index (κ3) is 4.06. The molecule has 0 unspecified atom stereocenters.